The Hall–Kier alpha value is 0. The first-order chi connectivity index (χ1) is 5.74. The van der Waals surface area contributed by atoms with Crippen molar-refractivity contribution in [3.8, 4) is 0 Å². The molecule has 0 aliphatic heterocycles. The van der Waals surface area contributed by atoms with Crippen LogP contribution in [0.3, 0.4) is 0 Å². The quantitative estimate of drug-likeness (QED) is 0.528. The molecule has 72 valence electrons. The predicted molar refractivity (Wildman–Crippen MR) is 56.8 cm³/mol. The van der Waals surface area contributed by atoms with Crippen LogP contribution in [0.1, 0.15) is 59.3 Å². The molecule has 12 heavy (non-hydrogen) atoms. The summed E-state index contributed by atoms with van der Waals surface area (Å²) < 4.78 is 0. The summed E-state index contributed by atoms with van der Waals surface area (Å²) in [5.41, 5.74) is 0. The van der Waals surface area contributed by atoms with E-state index in [0.29, 0.717) is 0 Å². The lowest BCUT2D eigenvalue weighted by Crippen LogP contribution is -2.03. The van der Waals surface area contributed by atoms with Gasteiger partial charge in [-0.1, -0.05) is 47.0 Å². The zero-order valence-corrected chi connectivity index (χ0v) is 9.03. The second-order valence-electron chi connectivity index (χ2n) is 3.82. The van der Waals surface area contributed by atoms with Crippen molar-refractivity contribution in [3.05, 3.63) is 12.8 Å². The molecule has 2 radical (unpaired) electrons. The van der Waals surface area contributed by atoms with Crippen LogP contribution in [0.4, 0.5) is 0 Å². The fraction of sp³-hybridized carbons (Fsp3) is 0.833. The molecule has 0 aromatic rings. The van der Waals surface area contributed by atoms with Gasteiger partial charge in [-0.3, -0.25) is 0 Å². The van der Waals surface area contributed by atoms with Crippen LogP contribution in [-0.4, -0.2) is 0 Å². The minimum Gasteiger partial charge on any atom is -0.0654 e. The van der Waals surface area contributed by atoms with E-state index < -0.39 is 0 Å². The SMILES string of the molecule is [CH2]CC[C](CCC)CC(C)CC. The van der Waals surface area contributed by atoms with Gasteiger partial charge in [0.1, 0.15) is 0 Å². The summed E-state index contributed by atoms with van der Waals surface area (Å²) in [5.74, 6) is 2.61. The Bertz CT molecular complexity index is 80.0. The van der Waals surface area contributed by atoms with E-state index in [2.05, 4.69) is 27.7 Å². The highest BCUT2D eigenvalue weighted by Gasteiger charge is 2.10. The van der Waals surface area contributed by atoms with Gasteiger partial charge in [0.05, 0.1) is 0 Å². The van der Waals surface area contributed by atoms with Crippen LogP contribution in [0, 0.1) is 18.8 Å². The van der Waals surface area contributed by atoms with Gasteiger partial charge < -0.3 is 0 Å². The lowest BCUT2D eigenvalue weighted by atomic mass is 9.88. The van der Waals surface area contributed by atoms with Crippen molar-refractivity contribution < 1.29 is 0 Å². The Morgan fingerprint density at radius 1 is 1.25 bits per heavy atom. The Morgan fingerprint density at radius 2 is 1.92 bits per heavy atom. The maximum Gasteiger partial charge on any atom is -0.0238 e. The summed E-state index contributed by atoms with van der Waals surface area (Å²) >= 11 is 0. The first-order valence-corrected chi connectivity index (χ1v) is 5.37. The molecule has 0 fully saturated rings. The monoisotopic (exact) mass is 168 g/mol. The number of hydrogen-bond donors (Lipinski definition) is 0. The molecule has 0 aromatic carbocycles. The van der Waals surface area contributed by atoms with E-state index in [-0.39, 0.29) is 0 Å². The van der Waals surface area contributed by atoms with E-state index >= 15 is 0 Å². The molecule has 0 heterocycles. The highest BCUT2D eigenvalue weighted by Crippen LogP contribution is 2.25. The normalized spacial score (nSPS) is 13.8. The zero-order chi connectivity index (χ0) is 9.40. The Labute approximate surface area is 78.8 Å². The van der Waals surface area contributed by atoms with Crippen LogP contribution in [0.15, 0.2) is 0 Å². The molecule has 0 amide bonds. The molecule has 0 aromatic heterocycles. The van der Waals surface area contributed by atoms with Crippen LogP contribution in [-0.2, 0) is 0 Å². The molecular formula is C12H24. The molecule has 0 aliphatic carbocycles. The lowest BCUT2D eigenvalue weighted by molar-refractivity contribution is 0.486. The molecule has 0 heteroatoms. The Kier molecular flexibility index (Phi) is 7.64. The van der Waals surface area contributed by atoms with Crippen molar-refractivity contribution in [2.75, 3.05) is 0 Å². The first-order valence-electron chi connectivity index (χ1n) is 5.37. The average molecular weight is 168 g/mol. The van der Waals surface area contributed by atoms with E-state index in [1.165, 1.54) is 32.1 Å². The van der Waals surface area contributed by atoms with Crippen molar-refractivity contribution in [2.45, 2.75) is 59.3 Å². The number of hydrogen-bond acceptors (Lipinski definition) is 0. The lowest BCUT2D eigenvalue weighted by Gasteiger charge is -2.18. The molecule has 0 bridgehead atoms. The maximum absolute atomic E-state index is 3.92. The van der Waals surface area contributed by atoms with Gasteiger partial charge >= 0.3 is 0 Å². The third-order valence-electron chi connectivity index (χ3n) is 2.47. The van der Waals surface area contributed by atoms with E-state index in [4.69, 9.17) is 0 Å². The fourth-order valence-corrected chi connectivity index (χ4v) is 1.57. The molecule has 0 spiro atoms. The third kappa shape index (κ3) is 5.62. The van der Waals surface area contributed by atoms with Gasteiger partial charge in [0.2, 0.25) is 0 Å². The highest BCUT2D eigenvalue weighted by molar-refractivity contribution is 4.90. The van der Waals surface area contributed by atoms with Gasteiger partial charge in [0.25, 0.3) is 0 Å². The molecule has 0 aliphatic rings. The maximum atomic E-state index is 3.92. The minimum atomic E-state index is 0.873. The molecule has 0 N–H and O–H groups in total. The van der Waals surface area contributed by atoms with Gasteiger partial charge in [0, 0.05) is 0 Å². The molecule has 0 saturated heterocycles. The van der Waals surface area contributed by atoms with Crippen LogP contribution in [0.25, 0.3) is 0 Å². The predicted octanol–water partition coefficient (Wildman–Crippen LogP) is 4.41. The van der Waals surface area contributed by atoms with E-state index in [1.54, 1.807) is 5.92 Å². The first kappa shape index (κ1) is 12.0. The van der Waals surface area contributed by atoms with Crippen molar-refractivity contribution in [1.82, 2.24) is 0 Å². The summed E-state index contributed by atoms with van der Waals surface area (Å²) in [6.45, 7) is 10.8. The van der Waals surface area contributed by atoms with Crippen molar-refractivity contribution in [1.29, 1.82) is 0 Å². The third-order valence-corrected chi connectivity index (χ3v) is 2.47. The van der Waals surface area contributed by atoms with Crippen molar-refractivity contribution in [3.63, 3.8) is 0 Å². The Balaban J connectivity index is 3.61. The molecule has 1 atom stereocenters. The Morgan fingerprint density at radius 3 is 2.33 bits per heavy atom. The summed E-state index contributed by atoms with van der Waals surface area (Å²) in [6, 6.07) is 0. The molecule has 1 unspecified atom stereocenters. The standard InChI is InChI=1S/C12H24/c1-5-8-12(9-6-2)10-11(4)7-3/h11H,1,5-10H2,2-4H3. The average Bonchev–Trinajstić information content (AvgIpc) is 2.05. The van der Waals surface area contributed by atoms with Gasteiger partial charge in [-0.25, -0.2) is 0 Å². The smallest absolute Gasteiger partial charge is 0.0238 e. The van der Waals surface area contributed by atoms with Crippen LogP contribution in [0.5, 0.6) is 0 Å². The second kappa shape index (κ2) is 7.64. The van der Waals surface area contributed by atoms with Gasteiger partial charge in [0.15, 0.2) is 0 Å². The van der Waals surface area contributed by atoms with Gasteiger partial charge in [-0.2, -0.15) is 0 Å². The van der Waals surface area contributed by atoms with Gasteiger partial charge in [-0.05, 0) is 31.1 Å². The van der Waals surface area contributed by atoms with E-state index in [9.17, 15) is 0 Å². The summed E-state index contributed by atoms with van der Waals surface area (Å²) in [4.78, 5) is 0. The summed E-state index contributed by atoms with van der Waals surface area (Å²) in [6.07, 6.45) is 7.58. The zero-order valence-electron chi connectivity index (χ0n) is 9.03. The summed E-state index contributed by atoms with van der Waals surface area (Å²) in [7, 11) is 0. The fourth-order valence-electron chi connectivity index (χ4n) is 1.57. The topological polar surface area (TPSA) is 0 Å². The van der Waals surface area contributed by atoms with Crippen molar-refractivity contribution >= 4 is 0 Å². The summed E-state index contributed by atoms with van der Waals surface area (Å²) in [5, 5.41) is 0. The largest absolute Gasteiger partial charge is 0.0654 e. The van der Waals surface area contributed by atoms with Crippen molar-refractivity contribution in [2.24, 2.45) is 5.92 Å². The second-order valence-corrected chi connectivity index (χ2v) is 3.82. The van der Waals surface area contributed by atoms with Crippen LogP contribution >= 0.6 is 0 Å². The number of rotatable bonds is 7. The van der Waals surface area contributed by atoms with Gasteiger partial charge in [-0.15, -0.1) is 0 Å². The van der Waals surface area contributed by atoms with E-state index in [0.717, 1.165) is 12.3 Å². The molecule has 0 saturated carbocycles. The molecular weight excluding hydrogens is 144 g/mol. The van der Waals surface area contributed by atoms with Crippen LogP contribution < -0.4 is 0 Å². The van der Waals surface area contributed by atoms with E-state index in [1.807, 2.05) is 0 Å². The molecule has 0 rings (SSSR count). The van der Waals surface area contributed by atoms with Crippen LogP contribution in [0.2, 0.25) is 0 Å². The molecule has 0 nitrogen and oxygen atoms in total. The highest BCUT2D eigenvalue weighted by atomic mass is 14.2. The minimum absolute atomic E-state index is 0.873.